The first kappa shape index (κ1) is 19.8. The van der Waals surface area contributed by atoms with E-state index in [2.05, 4.69) is 13.2 Å². The van der Waals surface area contributed by atoms with Gasteiger partial charge < -0.3 is 20.1 Å². The summed E-state index contributed by atoms with van der Waals surface area (Å²) in [5, 5.41) is 23.6. The fourth-order valence-electron chi connectivity index (χ4n) is 0.235. The molecule has 0 aromatic rings. The third kappa shape index (κ3) is 60.3. The first-order chi connectivity index (χ1) is 7.10. The molecule has 3 N–H and O–H groups in total. The Bertz CT molecular complexity index is 105. The molecule has 0 aromatic heterocycles. The second-order valence-corrected chi connectivity index (χ2v) is 2.46. The van der Waals surface area contributed by atoms with Crippen molar-refractivity contribution >= 4 is 0 Å². The van der Waals surface area contributed by atoms with Crippen LogP contribution in [0.15, 0.2) is 25.3 Å². The molecule has 0 saturated carbocycles. The van der Waals surface area contributed by atoms with Gasteiger partial charge in [0.1, 0.15) is 0 Å². The average Bonchev–Trinajstić information content (AvgIpc) is 2.21. The topological polar surface area (TPSA) is 69.9 Å². The molecule has 0 fully saturated rings. The highest BCUT2D eigenvalue weighted by atomic mass is 16.5. The van der Waals surface area contributed by atoms with E-state index in [1.807, 2.05) is 0 Å². The molecule has 0 aromatic carbocycles. The Morgan fingerprint density at radius 3 is 1.60 bits per heavy atom. The Morgan fingerprint density at radius 1 is 1.20 bits per heavy atom. The van der Waals surface area contributed by atoms with E-state index in [1.54, 1.807) is 19.1 Å². The van der Waals surface area contributed by atoms with Crippen LogP contribution < -0.4 is 0 Å². The third-order valence-corrected chi connectivity index (χ3v) is 0.736. The number of aliphatic hydroxyl groups is 3. The van der Waals surface area contributed by atoms with Crippen LogP contribution in [0.5, 0.6) is 0 Å². The van der Waals surface area contributed by atoms with Gasteiger partial charge in [-0.1, -0.05) is 12.2 Å². The number of hydrogen-bond donors (Lipinski definition) is 3. The van der Waals surface area contributed by atoms with Gasteiger partial charge in [-0.3, -0.25) is 0 Å². The van der Waals surface area contributed by atoms with E-state index in [9.17, 15) is 0 Å². The molecule has 0 bridgehead atoms. The lowest BCUT2D eigenvalue weighted by Gasteiger charge is -1.90. The predicted molar refractivity (Wildman–Crippen MR) is 62.7 cm³/mol. The maximum absolute atomic E-state index is 8.11. The van der Waals surface area contributed by atoms with Gasteiger partial charge in [-0.25, -0.2) is 0 Å². The van der Waals surface area contributed by atoms with E-state index >= 15 is 0 Å². The van der Waals surface area contributed by atoms with Crippen molar-refractivity contribution in [3.8, 4) is 0 Å². The van der Waals surface area contributed by atoms with Crippen molar-refractivity contribution in [1.29, 1.82) is 0 Å². The summed E-state index contributed by atoms with van der Waals surface area (Å²) in [5.41, 5.74) is 0. The molecule has 1 atom stereocenters. The first-order valence-electron chi connectivity index (χ1n) is 4.79. The summed E-state index contributed by atoms with van der Waals surface area (Å²) in [4.78, 5) is 0. The minimum absolute atomic E-state index is 0.139. The van der Waals surface area contributed by atoms with Crippen molar-refractivity contribution < 1.29 is 20.1 Å². The van der Waals surface area contributed by atoms with Gasteiger partial charge in [0.05, 0.1) is 25.9 Å². The van der Waals surface area contributed by atoms with Crippen LogP contribution in [-0.2, 0) is 4.74 Å². The van der Waals surface area contributed by atoms with Crippen LogP contribution >= 0.6 is 0 Å². The molecule has 0 rings (SSSR count). The SMILES string of the molecule is C=CCOCC=C.CC(O)CO.CCO. The third-order valence-electron chi connectivity index (χ3n) is 0.736. The largest absolute Gasteiger partial charge is 0.397 e. The summed E-state index contributed by atoms with van der Waals surface area (Å²) in [6.07, 6.45) is 2.86. The molecule has 1 unspecified atom stereocenters. The van der Waals surface area contributed by atoms with Crippen molar-refractivity contribution in [2.24, 2.45) is 0 Å². The Morgan fingerprint density at radius 2 is 1.47 bits per heavy atom. The van der Waals surface area contributed by atoms with E-state index in [-0.39, 0.29) is 13.2 Å². The molecule has 15 heavy (non-hydrogen) atoms. The summed E-state index contributed by atoms with van der Waals surface area (Å²) in [6, 6.07) is 0. The lowest BCUT2D eigenvalue weighted by Crippen LogP contribution is -2.03. The van der Waals surface area contributed by atoms with Crippen LogP contribution in [0.1, 0.15) is 13.8 Å². The van der Waals surface area contributed by atoms with Crippen molar-refractivity contribution in [3.63, 3.8) is 0 Å². The zero-order chi connectivity index (χ0) is 12.5. The summed E-state index contributed by atoms with van der Waals surface area (Å²) >= 11 is 0. The second-order valence-electron chi connectivity index (χ2n) is 2.46. The van der Waals surface area contributed by atoms with Crippen LogP contribution in [0.2, 0.25) is 0 Å². The zero-order valence-corrected chi connectivity index (χ0v) is 9.72. The standard InChI is InChI=1S/C6H10O.C3H8O2.C2H6O/c1-3-5-7-6-4-2;1-3(5)2-4;1-2-3/h3-4H,1-2,5-6H2;3-5H,2H2,1H3;3H,2H2,1H3. The molecule has 4 nitrogen and oxygen atoms in total. The van der Waals surface area contributed by atoms with Gasteiger partial charge in [-0.05, 0) is 13.8 Å². The number of rotatable bonds is 5. The van der Waals surface area contributed by atoms with Crippen molar-refractivity contribution in [1.82, 2.24) is 0 Å². The monoisotopic (exact) mass is 220 g/mol. The maximum Gasteiger partial charge on any atom is 0.0742 e. The highest BCUT2D eigenvalue weighted by molar-refractivity contribution is 4.68. The van der Waals surface area contributed by atoms with Crippen LogP contribution in [0.4, 0.5) is 0 Å². The molecule has 0 aliphatic rings. The molecule has 0 radical (unpaired) electrons. The Balaban J connectivity index is -0.000000158. The molecular weight excluding hydrogens is 196 g/mol. The fraction of sp³-hybridized carbons (Fsp3) is 0.636. The van der Waals surface area contributed by atoms with Gasteiger partial charge in [0.25, 0.3) is 0 Å². The molecule has 0 aliphatic heterocycles. The van der Waals surface area contributed by atoms with E-state index in [0.717, 1.165) is 0 Å². The fourth-order valence-corrected chi connectivity index (χ4v) is 0.235. The lowest BCUT2D eigenvalue weighted by atomic mass is 10.5. The molecule has 0 spiro atoms. The Kier molecular flexibility index (Phi) is 30.8. The molecule has 92 valence electrons. The minimum Gasteiger partial charge on any atom is -0.397 e. The highest BCUT2D eigenvalue weighted by Gasteiger charge is 1.83. The average molecular weight is 220 g/mol. The molecular formula is C11H24O4. The number of aliphatic hydroxyl groups excluding tert-OH is 3. The Labute approximate surface area is 92.5 Å². The summed E-state index contributed by atoms with van der Waals surface area (Å²) in [7, 11) is 0. The molecule has 0 saturated heterocycles. The van der Waals surface area contributed by atoms with E-state index in [1.165, 1.54) is 6.92 Å². The molecule has 0 amide bonds. The predicted octanol–water partition coefficient (Wildman–Crippen LogP) is 0.733. The summed E-state index contributed by atoms with van der Waals surface area (Å²) < 4.78 is 4.90. The van der Waals surface area contributed by atoms with Gasteiger partial charge >= 0.3 is 0 Å². The highest BCUT2D eigenvalue weighted by Crippen LogP contribution is 1.72. The quantitative estimate of drug-likeness (QED) is 0.472. The maximum atomic E-state index is 8.11. The lowest BCUT2D eigenvalue weighted by molar-refractivity contribution is 0.110. The molecule has 4 heteroatoms. The molecule has 0 aliphatic carbocycles. The first-order valence-corrected chi connectivity index (χ1v) is 4.79. The van der Waals surface area contributed by atoms with Gasteiger partial charge in [0.15, 0.2) is 0 Å². The van der Waals surface area contributed by atoms with Gasteiger partial charge in [0, 0.05) is 6.61 Å². The van der Waals surface area contributed by atoms with Crippen LogP contribution in [0.25, 0.3) is 0 Å². The summed E-state index contributed by atoms with van der Waals surface area (Å²) in [5.74, 6) is 0. The van der Waals surface area contributed by atoms with E-state index in [0.29, 0.717) is 13.2 Å². The van der Waals surface area contributed by atoms with E-state index in [4.69, 9.17) is 20.1 Å². The number of hydrogen-bond acceptors (Lipinski definition) is 4. The van der Waals surface area contributed by atoms with Gasteiger partial charge in [0.2, 0.25) is 0 Å². The van der Waals surface area contributed by atoms with Gasteiger partial charge in [-0.15, -0.1) is 13.2 Å². The smallest absolute Gasteiger partial charge is 0.0742 e. The van der Waals surface area contributed by atoms with Crippen molar-refractivity contribution in [2.45, 2.75) is 20.0 Å². The second kappa shape index (κ2) is 23.3. The summed E-state index contributed by atoms with van der Waals surface area (Å²) in [6.45, 7) is 11.5. The minimum atomic E-state index is -0.560. The van der Waals surface area contributed by atoms with Crippen LogP contribution in [0.3, 0.4) is 0 Å². The van der Waals surface area contributed by atoms with Crippen LogP contribution in [-0.4, -0.2) is 47.9 Å². The normalized spacial score (nSPS) is 9.93. The van der Waals surface area contributed by atoms with Crippen molar-refractivity contribution in [3.05, 3.63) is 25.3 Å². The van der Waals surface area contributed by atoms with Crippen molar-refractivity contribution in [2.75, 3.05) is 26.4 Å². The molecule has 0 heterocycles. The zero-order valence-electron chi connectivity index (χ0n) is 9.72. The van der Waals surface area contributed by atoms with Crippen LogP contribution in [0, 0.1) is 0 Å². The Hall–Kier alpha value is -0.680. The van der Waals surface area contributed by atoms with E-state index < -0.39 is 6.10 Å². The number of ether oxygens (including phenoxy) is 1. The van der Waals surface area contributed by atoms with Gasteiger partial charge in [-0.2, -0.15) is 0 Å².